The van der Waals surface area contributed by atoms with Crippen LogP contribution in [0.5, 0.6) is 0 Å². The third kappa shape index (κ3) is 1.83. The summed E-state index contributed by atoms with van der Waals surface area (Å²) in [6, 6.07) is 4.47. The maximum Gasteiger partial charge on any atom is 0.0602 e. The van der Waals surface area contributed by atoms with Crippen molar-refractivity contribution in [3.05, 3.63) is 29.6 Å². The number of aryl methyl sites for hydroxylation is 1. The van der Waals surface area contributed by atoms with Crippen molar-refractivity contribution in [2.75, 3.05) is 7.05 Å². The van der Waals surface area contributed by atoms with Gasteiger partial charge in [0.15, 0.2) is 0 Å². The Hall–Kier alpha value is -0.890. The fourth-order valence-electron chi connectivity index (χ4n) is 1.40. The van der Waals surface area contributed by atoms with Gasteiger partial charge in [-0.2, -0.15) is 0 Å². The third-order valence-corrected chi connectivity index (χ3v) is 2.14. The van der Waals surface area contributed by atoms with Crippen LogP contribution in [0.4, 0.5) is 0 Å². The molecule has 66 valence electrons. The largest absolute Gasteiger partial charge is 0.312 e. The SMILES string of the molecule is CCC(NC)c1ncccc1C. The molecule has 2 heteroatoms. The molecule has 0 saturated carbocycles. The molecule has 0 radical (unpaired) electrons. The third-order valence-electron chi connectivity index (χ3n) is 2.14. The molecular formula is C10H16N2. The Balaban J connectivity index is 2.92. The fraction of sp³-hybridized carbons (Fsp3) is 0.500. The molecule has 1 rings (SSSR count). The van der Waals surface area contributed by atoms with E-state index >= 15 is 0 Å². The number of rotatable bonds is 3. The molecule has 1 aromatic rings. The van der Waals surface area contributed by atoms with Crippen molar-refractivity contribution in [1.29, 1.82) is 0 Å². The van der Waals surface area contributed by atoms with Crippen LogP contribution in [0.3, 0.4) is 0 Å². The van der Waals surface area contributed by atoms with E-state index in [2.05, 4.69) is 30.2 Å². The van der Waals surface area contributed by atoms with Crippen LogP contribution in [-0.2, 0) is 0 Å². The zero-order valence-corrected chi connectivity index (χ0v) is 7.96. The standard InChI is InChI=1S/C10H16N2/c1-4-9(11-3)10-8(2)6-5-7-12-10/h5-7,9,11H,4H2,1-3H3. The van der Waals surface area contributed by atoms with Crippen molar-refractivity contribution in [3.63, 3.8) is 0 Å². The van der Waals surface area contributed by atoms with Crippen LogP contribution >= 0.6 is 0 Å². The highest BCUT2D eigenvalue weighted by atomic mass is 14.9. The molecule has 12 heavy (non-hydrogen) atoms. The molecule has 1 atom stereocenters. The summed E-state index contributed by atoms with van der Waals surface area (Å²) in [6.45, 7) is 4.26. The van der Waals surface area contributed by atoms with E-state index in [-0.39, 0.29) is 0 Å². The molecule has 1 aromatic heterocycles. The minimum absolute atomic E-state index is 0.395. The molecular weight excluding hydrogens is 148 g/mol. The number of aromatic nitrogens is 1. The Bertz CT molecular complexity index is 241. The lowest BCUT2D eigenvalue weighted by atomic mass is 10.1. The maximum atomic E-state index is 4.36. The van der Waals surface area contributed by atoms with E-state index in [0.29, 0.717) is 6.04 Å². The molecule has 0 saturated heterocycles. The summed E-state index contributed by atoms with van der Waals surface area (Å²) in [4.78, 5) is 4.36. The van der Waals surface area contributed by atoms with E-state index in [1.807, 2.05) is 19.3 Å². The topological polar surface area (TPSA) is 24.9 Å². The van der Waals surface area contributed by atoms with Crippen LogP contribution in [0.2, 0.25) is 0 Å². The second-order valence-electron chi connectivity index (χ2n) is 2.96. The lowest BCUT2D eigenvalue weighted by molar-refractivity contribution is 0.558. The Labute approximate surface area is 74.0 Å². The van der Waals surface area contributed by atoms with E-state index in [1.54, 1.807) is 0 Å². The van der Waals surface area contributed by atoms with Crippen molar-refractivity contribution in [2.45, 2.75) is 26.3 Å². The predicted octanol–water partition coefficient (Wildman–Crippen LogP) is 2.06. The molecule has 1 N–H and O–H groups in total. The Morgan fingerprint density at radius 2 is 2.33 bits per heavy atom. The molecule has 0 bridgehead atoms. The van der Waals surface area contributed by atoms with Gasteiger partial charge in [0.25, 0.3) is 0 Å². The van der Waals surface area contributed by atoms with Crippen LogP contribution in [-0.4, -0.2) is 12.0 Å². The summed E-state index contributed by atoms with van der Waals surface area (Å²) in [5.41, 5.74) is 2.43. The molecule has 0 fully saturated rings. The van der Waals surface area contributed by atoms with Crippen molar-refractivity contribution in [1.82, 2.24) is 10.3 Å². The molecule has 0 aromatic carbocycles. The molecule has 1 heterocycles. The van der Waals surface area contributed by atoms with Gasteiger partial charge in [-0.15, -0.1) is 0 Å². The van der Waals surface area contributed by atoms with Gasteiger partial charge >= 0.3 is 0 Å². The number of pyridine rings is 1. The monoisotopic (exact) mass is 164 g/mol. The van der Waals surface area contributed by atoms with Crippen molar-refractivity contribution >= 4 is 0 Å². The van der Waals surface area contributed by atoms with Crippen molar-refractivity contribution in [2.24, 2.45) is 0 Å². The molecule has 1 unspecified atom stereocenters. The second kappa shape index (κ2) is 4.21. The summed E-state index contributed by atoms with van der Waals surface area (Å²) in [6.07, 6.45) is 2.93. The highest BCUT2D eigenvalue weighted by molar-refractivity contribution is 5.20. The van der Waals surface area contributed by atoms with Crippen molar-refractivity contribution in [3.8, 4) is 0 Å². The van der Waals surface area contributed by atoms with Gasteiger partial charge in [-0.1, -0.05) is 13.0 Å². The number of nitrogens with one attached hydrogen (secondary N) is 1. The number of hydrogen-bond acceptors (Lipinski definition) is 2. The van der Waals surface area contributed by atoms with Crippen LogP contribution in [0.1, 0.15) is 30.6 Å². The smallest absolute Gasteiger partial charge is 0.0602 e. The first-order valence-electron chi connectivity index (χ1n) is 4.38. The van der Waals surface area contributed by atoms with Gasteiger partial charge in [0, 0.05) is 12.2 Å². The Morgan fingerprint density at radius 1 is 1.58 bits per heavy atom. The molecule has 0 amide bonds. The quantitative estimate of drug-likeness (QED) is 0.739. The Kier molecular flexibility index (Phi) is 3.23. The van der Waals surface area contributed by atoms with Crippen LogP contribution in [0.25, 0.3) is 0 Å². The summed E-state index contributed by atoms with van der Waals surface area (Å²) >= 11 is 0. The summed E-state index contributed by atoms with van der Waals surface area (Å²) in [5.74, 6) is 0. The van der Waals surface area contributed by atoms with E-state index in [1.165, 1.54) is 11.3 Å². The average molecular weight is 164 g/mol. The van der Waals surface area contributed by atoms with Gasteiger partial charge < -0.3 is 5.32 Å². The van der Waals surface area contributed by atoms with E-state index < -0.39 is 0 Å². The van der Waals surface area contributed by atoms with E-state index in [9.17, 15) is 0 Å². The van der Waals surface area contributed by atoms with Gasteiger partial charge in [-0.3, -0.25) is 4.98 Å². The summed E-state index contributed by atoms with van der Waals surface area (Å²) in [7, 11) is 1.97. The lowest BCUT2D eigenvalue weighted by Gasteiger charge is -2.14. The van der Waals surface area contributed by atoms with Crippen LogP contribution in [0, 0.1) is 6.92 Å². The molecule has 2 nitrogen and oxygen atoms in total. The fourth-order valence-corrected chi connectivity index (χ4v) is 1.40. The molecule has 0 aliphatic heterocycles. The first-order valence-corrected chi connectivity index (χ1v) is 4.38. The van der Waals surface area contributed by atoms with Crippen LogP contribution in [0.15, 0.2) is 18.3 Å². The highest BCUT2D eigenvalue weighted by Gasteiger charge is 2.09. The normalized spacial score (nSPS) is 12.9. The zero-order chi connectivity index (χ0) is 8.97. The first-order chi connectivity index (χ1) is 5.79. The molecule has 0 aliphatic carbocycles. The number of nitrogens with zero attached hydrogens (tertiary/aromatic N) is 1. The molecule has 0 aliphatic rings. The summed E-state index contributed by atoms with van der Waals surface area (Å²) < 4.78 is 0. The van der Waals surface area contributed by atoms with Crippen molar-refractivity contribution < 1.29 is 0 Å². The molecule has 0 spiro atoms. The highest BCUT2D eigenvalue weighted by Crippen LogP contribution is 2.16. The second-order valence-corrected chi connectivity index (χ2v) is 2.96. The van der Waals surface area contributed by atoms with E-state index in [0.717, 1.165) is 6.42 Å². The Morgan fingerprint density at radius 3 is 2.83 bits per heavy atom. The van der Waals surface area contributed by atoms with Gasteiger partial charge in [0.2, 0.25) is 0 Å². The lowest BCUT2D eigenvalue weighted by Crippen LogP contribution is -2.17. The van der Waals surface area contributed by atoms with E-state index in [4.69, 9.17) is 0 Å². The number of hydrogen-bond donors (Lipinski definition) is 1. The zero-order valence-electron chi connectivity index (χ0n) is 7.96. The first kappa shape index (κ1) is 9.20. The van der Waals surface area contributed by atoms with Gasteiger partial charge in [-0.05, 0) is 32.0 Å². The van der Waals surface area contributed by atoms with Gasteiger partial charge in [0.05, 0.1) is 5.69 Å². The minimum atomic E-state index is 0.395. The van der Waals surface area contributed by atoms with Crippen LogP contribution < -0.4 is 5.32 Å². The minimum Gasteiger partial charge on any atom is -0.312 e. The summed E-state index contributed by atoms with van der Waals surface area (Å²) in [5, 5.41) is 3.25. The maximum absolute atomic E-state index is 4.36. The average Bonchev–Trinajstić information content (AvgIpc) is 2.10. The van der Waals surface area contributed by atoms with Gasteiger partial charge in [-0.25, -0.2) is 0 Å². The van der Waals surface area contributed by atoms with Gasteiger partial charge in [0.1, 0.15) is 0 Å². The predicted molar refractivity (Wildman–Crippen MR) is 51.1 cm³/mol.